The van der Waals surface area contributed by atoms with Crippen LogP contribution in [0.15, 0.2) is 17.1 Å². The van der Waals surface area contributed by atoms with Gasteiger partial charge in [0.1, 0.15) is 0 Å². The van der Waals surface area contributed by atoms with Crippen molar-refractivity contribution in [3.05, 3.63) is 28.2 Å². The average Bonchev–Trinajstić information content (AvgIpc) is 2.54. The first-order valence-electron chi connectivity index (χ1n) is 9.21. The molecule has 1 saturated carbocycles. The fraction of sp³-hybridized carbons (Fsp3) is 0.737. The van der Waals surface area contributed by atoms with Crippen molar-refractivity contribution in [2.45, 2.75) is 65.0 Å². The van der Waals surface area contributed by atoms with Gasteiger partial charge in [0.15, 0.2) is 5.75 Å². The number of rotatable bonds is 3. The van der Waals surface area contributed by atoms with E-state index in [1.54, 1.807) is 12.3 Å². The molecule has 1 saturated heterocycles. The summed E-state index contributed by atoms with van der Waals surface area (Å²) in [6, 6.07) is 2.07. The smallest absolute Gasteiger partial charge is 0.223 e. The van der Waals surface area contributed by atoms with Crippen LogP contribution >= 0.6 is 0 Å². The lowest BCUT2D eigenvalue weighted by molar-refractivity contribution is 0.174. The Kier molecular flexibility index (Phi) is 5.10. The summed E-state index contributed by atoms with van der Waals surface area (Å²) in [6.07, 6.45) is 9.08. The number of pyridine rings is 1. The summed E-state index contributed by atoms with van der Waals surface area (Å²) in [5.74, 6) is 1.30. The maximum Gasteiger partial charge on any atom is 0.223 e. The van der Waals surface area contributed by atoms with Crippen molar-refractivity contribution in [1.82, 2.24) is 9.47 Å². The molecule has 1 aromatic rings. The Morgan fingerprint density at radius 2 is 1.83 bits per heavy atom. The minimum Gasteiger partial charge on any atom is -0.503 e. The highest BCUT2D eigenvalue weighted by molar-refractivity contribution is 5.21. The van der Waals surface area contributed by atoms with Gasteiger partial charge in [0.25, 0.3) is 0 Å². The van der Waals surface area contributed by atoms with Crippen LogP contribution in [0, 0.1) is 11.8 Å². The normalized spacial score (nSPS) is 27.2. The molecule has 128 valence electrons. The Morgan fingerprint density at radius 1 is 1.13 bits per heavy atom. The Hall–Kier alpha value is -1.29. The Balaban J connectivity index is 1.85. The highest BCUT2D eigenvalue weighted by atomic mass is 16.3. The lowest BCUT2D eigenvalue weighted by atomic mass is 9.85. The first kappa shape index (κ1) is 16.6. The molecule has 1 aliphatic carbocycles. The second-order valence-corrected chi connectivity index (χ2v) is 7.71. The zero-order valence-electron chi connectivity index (χ0n) is 14.5. The van der Waals surface area contributed by atoms with Gasteiger partial charge in [-0.05, 0) is 50.6 Å². The predicted molar refractivity (Wildman–Crippen MR) is 92.7 cm³/mol. The highest BCUT2D eigenvalue weighted by Gasteiger charge is 2.25. The minimum absolute atomic E-state index is 0.112. The van der Waals surface area contributed by atoms with Crippen LogP contribution < -0.4 is 5.43 Å². The second-order valence-electron chi connectivity index (χ2n) is 7.71. The molecule has 3 rings (SSSR count). The molecule has 1 N–H and O–H groups in total. The zero-order valence-corrected chi connectivity index (χ0v) is 14.5. The topological polar surface area (TPSA) is 45.5 Å². The van der Waals surface area contributed by atoms with Crippen LogP contribution in [0.1, 0.15) is 64.1 Å². The van der Waals surface area contributed by atoms with Crippen LogP contribution in [0.4, 0.5) is 0 Å². The zero-order chi connectivity index (χ0) is 16.4. The fourth-order valence-electron chi connectivity index (χ4n) is 4.17. The van der Waals surface area contributed by atoms with Gasteiger partial charge in [-0.1, -0.05) is 26.7 Å². The number of hydrogen-bond donors (Lipinski definition) is 1. The van der Waals surface area contributed by atoms with Crippen LogP contribution in [0.25, 0.3) is 0 Å². The van der Waals surface area contributed by atoms with Gasteiger partial charge in [-0.25, -0.2) is 0 Å². The summed E-state index contributed by atoms with van der Waals surface area (Å²) in [7, 11) is 0. The molecule has 1 aromatic heterocycles. The van der Waals surface area contributed by atoms with Crippen molar-refractivity contribution in [1.29, 1.82) is 0 Å². The molecule has 2 heterocycles. The van der Waals surface area contributed by atoms with Crippen LogP contribution in [0.3, 0.4) is 0 Å². The summed E-state index contributed by atoms with van der Waals surface area (Å²) >= 11 is 0. The SMILES string of the molecule is CC1CCN(Cc2cc(=O)c(O)cn2C2CCCCC2C)CC1. The lowest BCUT2D eigenvalue weighted by Crippen LogP contribution is -2.35. The highest BCUT2D eigenvalue weighted by Crippen LogP contribution is 2.35. The summed E-state index contributed by atoms with van der Waals surface area (Å²) in [4.78, 5) is 14.4. The van der Waals surface area contributed by atoms with E-state index in [-0.39, 0.29) is 11.2 Å². The first-order valence-corrected chi connectivity index (χ1v) is 9.21. The predicted octanol–water partition coefficient (Wildman–Crippen LogP) is 3.54. The van der Waals surface area contributed by atoms with Crippen molar-refractivity contribution >= 4 is 0 Å². The van der Waals surface area contributed by atoms with Crippen molar-refractivity contribution in [3.8, 4) is 5.75 Å². The molecule has 4 heteroatoms. The number of nitrogens with zero attached hydrogens (tertiary/aromatic N) is 2. The second kappa shape index (κ2) is 7.08. The largest absolute Gasteiger partial charge is 0.503 e. The standard InChI is InChI=1S/C19H30N2O2/c1-14-7-9-20(10-8-14)12-16-11-18(22)19(23)13-21(16)17-6-4-3-5-15(17)2/h11,13-15,17,23H,3-10,12H2,1-2H3. The molecule has 4 nitrogen and oxygen atoms in total. The third-order valence-electron chi connectivity index (χ3n) is 5.83. The molecule has 0 radical (unpaired) electrons. The molecular weight excluding hydrogens is 288 g/mol. The third-order valence-corrected chi connectivity index (χ3v) is 5.83. The number of aromatic hydroxyl groups is 1. The quantitative estimate of drug-likeness (QED) is 0.927. The molecule has 2 unspecified atom stereocenters. The van der Waals surface area contributed by atoms with Gasteiger partial charge in [-0.15, -0.1) is 0 Å². The van der Waals surface area contributed by atoms with Crippen LogP contribution in [-0.2, 0) is 6.54 Å². The Bertz CT molecular complexity index is 588. The van der Waals surface area contributed by atoms with Gasteiger partial charge >= 0.3 is 0 Å². The molecule has 2 atom stereocenters. The summed E-state index contributed by atoms with van der Waals surface area (Å²) in [5, 5.41) is 9.94. The Morgan fingerprint density at radius 3 is 2.52 bits per heavy atom. The van der Waals surface area contributed by atoms with E-state index in [2.05, 4.69) is 23.3 Å². The van der Waals surface area contributed by atoms with Crippen LogP contribution in [-0.4, -0.2) is 27.7 Å². The number of aromatic nitrogens is 1. The summed E-state index contributed by atoms with van der Waals surface area (Å²) in [5.41, 5.74) is 0.825. The van der Waals surface area contributed by atoms with Crippen molar-refractivity contribution < 1.29 is 5.11 Å². The third kappa shape index (κ3) is 3.79. The molecule has 0 aromatic carbocycles. The van der Waals surface area contributed by atoms with Crippen molar-refractivity contribution in [3.63, 3.8) is 0 Å². The van der Waals surface area contributed by atoms with E-state index in [1.807, 2.05) is 0 Å². The molecule has 2 fully saturated rings. The van der Waals surface area contributed by atoms with E-state index in [1.165, 1.54) is 32.1 Å². The van der Waals surface area contributed by atoms with Crippen molar-refractivity contribution in [2.75, 3.05) is 13.1 Å². The van der Waals surface area contributed by atoms with Gasteiger partial charge in [-0.2, -0.15) is 0 Å². The van der Waals surface area contributed by atoms with E-state index < -0.39 is 0 Å². The lowest BCUT2D eigenvalue weighted by Gasteiger charge is -2.35. The molecule has 1 aliphatic heterocycles. The number of hydrogen-bond acceptors (Lipinski definition) is 3. The van der Waals surface area contributed by atoms with Crippen LogP contribution in [0.5, 0.6) is 5.75 Å². The van der Waals surface area contributed by atoms with E-state index in [0.29, 0.717) is 12.0 Å². The summed E-state index contributed by atoms with van der Waals surface area (Å²) < 4.78 is 2.21. The molecular formula is C19H30N2O2. The number of piperidine rings is 1. The van der Waals surface area contributed by atoms with Gasteiger partial charge < -0.3 is 9.67 Å². The molecule has 23 heavy (non-hydrogen) atoms. The van der Waals surface area contributed by atoms with Crippen LogP contribution in [0.2, 0.25) is 0 Å². The maximum absolute atomic E-state index is 12.0. The van der Waals surface area contributed by atoms with Crippen molar-refractivity contribution in [2.24, 2.45) is 11.8 Å². The van der Waals surface area contributed by atoms with E-state index >= 15 is 0 Å². The van der Waals surface area contributed by atoms with E-state index in [9.17, 15) is 9.90 Å². The molecule has 0 spiro atoms. The molecule has 2 aliphatic rings. The minimum atomic E-state index is -0.245. The van der Waals surface area contributed by atoms with Gasteiger partial charge in [0, 0.05) is 24.3 Å². The van der Waals surface area contributed by atoms with Gasteiger partial charge in [0.05, 0.1) is 6.20 Å². The van der Waals surface area contributed by atoms with E-state index in [0.717, 1.165) is 37.7 Å². The Labute approximate surface area is 139 Å². The van der Waals surface area contributed by atoms with E-state index in [4.69, 9.17) is 0 Å². The molecule has 0 bridgehead atoms. The number of likely N-dealkylation sites (tertiary alicyclic amines) is 1. The monoisotopic (exact) mass is 318 g/mol. The maximum atomic E-state index is 12.0. The summed E-state index contributed by atoms with van der Waals surface area (Å²) in [6.45, 7) is 7.65. The van der Waals surface area contributed by atoms with Gasteiger partial charge in [0.2, 0.25) is 5.43 Å². The first-order chi connectivity index (χ1) is 11.0. The molecule has 0 amide bonds. The fourth-order valence-corrected chi connectivity index (χ4v) is 4.17. The average molecular weight is 318 g/mol. The van der Waals surface area contributed by atoms with Gasteiger partial charge in [-0.3, -0.25) is 9.69 Å².